The average molecular weight is 259 g/mol. The van der Waals surface area contributed by atoms with Gasteiger partial charge in [-0.05, 0) is 44.4 Å². The first kappa shape index (κ1) is 14.3. The van der Waals surface area contributed by atoms with E-state index in [4.69, 9.17) is 21.4 Å². The zero-order chi connectivity index (χ0) is 12.8. The number of aliphatic hydroxyl groups excluding tert-OH is 2. The molecule has 96 valence electrons. The Kier molecular flexibility index (Phi) is 5.75. The first-order chi connectivity index (χ1) is 8.04. The summed E-state index contributed by atoms with van der Waals surface area (Å²) < 4.78 is 5.51. The second-order valence-corrected chi connectivity index (χ2v) is 4.65. The average Bonchev–Trinajstić information content (AvgIpc) is 2.28. The van der Waals surface area contributed by atoms with Crippen LogP contribution in [-0.4, -0.2) is 22.9 Å². The number of hydrogen-bond donors (Lipinski definition) is 2. The van der Waals surface area contributed by atoms with E-state index in [0.717, 1.165) is 5.56 Å². The molecule has 0 aliphatic heterocycles. The van der Waals surface area contributed by atoms with Crippen molar-refractivity contribution in [2.75, 3.05) is 6.61 Å². The number of benzene rings is 1. The van der Waals surface area contributed by atoms with E-state index in [-0.39, 0.29) is 12.7 Å². The van der Waals surface area contributed by atoms with Gasteiger partial charge >= 0.3 is 0 Å². The molecule has 17 heavy (non-hydrogen) atoms. The quantitative estimate of drug-likeness (QED) is 0.825. The van der Waals surface area contributed by atoms with Crippen LogP contribution >= 0.6 is 11.6 Å². The molecule has 4 heteroatoms. The van der Waals surface area contributed by atoms with Gasteiger partial charge in [0.15, 0.2) is 0 Å². The maximum Gasteiger partial charge on any atom is 0.138 e. The van der Waals surface area contributed by atoms with Gasteiger partial charge in [0.25, 0.3) is 0 Å². The van der Waals surface area contributed by atoms with Crippen molar-refractivity contribution >= 4 is 11.6 Å². The molecule has 0 aliphatic carbocycles. The van der Waals surface area contributed by atoms with Crippen molar-refractivity contribution in [2.24, 2.45) is 0 Å². The van der Waals surface area contributed by atoms with Crippen LogP contribution in [0.2, 0.25) is 5.02 Å². The first-order valence-electron chi connectivity index (χ1n) is 5.79. The Morgan fingerprint density at radius 3 is 2.59 bits per heavy atom. The molecule has 0 radical (unpaired) electrons. The number of hydrogen-bond acceptors (Lipinski definition) is 3. The van der Waals surface area contributed by atoms with Crippen molar-refractivity contribution in [3.63, 3.8) is 0 Å². The zero-order valence-corrected chi connectivity index (χ0v) is 10.9. The summed E-state index contributed by atoms with van der Waals surface area (Å²) in [5.41, 5.74) is 0.750. The Labute approximate surface area is 107 Å². The maximum absolute atomic E-state index is 9.84. The molecule has 0 fully saturated rings. The lowest BCUT2D eigenvalue weighted by Gasteiger charge is -2.14. The predicted molar refractivity (Wildman–Crippen MR) is 68.5 cm³/mol. The number of halogens is 1. The fraction of sp³-hybridized carbons (Fsp3) is 0.538. The highest BCUT2D eigenvalue weighted by Crippen LogP contribution is 2.29. The zero-order valence-electron chi connectivity index (χ0n) is 10.2. The molecule has 0 aromatic heterocycles. The van der Waals surface area contributed by atoms with Gasteiger partial charge in [-0.25, -0.2) is 0 Å². The summed E-state index contributed by atoms with van der Waals surface area (Å²) in [6.45, 7) is 3.94. The summed E-state index contributed by atoms with van der Waals surface area (Å²) in [6, 6.07) is 5.27. The molecule has 1 unspecified atom stereocenters. The fourth-order valence-corrected chi connectivity index (χ4v) is 1.76. The lowest BCUT2D eigenvalue weighted by molar-refractivity contribution is 0.151. The van der Waals surface area contributed by atoms with Crippen LogP contribution in [-0.2, 0) is 0 Å². The van der Waals surface area contributed by atoms with Crippen LogP contribution in [0.1, 0.15) is 38.4 Å². The highest BCUT2D eigenvalue weighted by Gasteiger charge is 2.10. The van der Waals surface area contributed by atoms with Crippen LogP contribution in [0.3, 0.4) is 0 Å². The lowest BCUT2D eigenvalue weighted by atomic mass is 10.1. The lowest BCUT2D eigenvalue weighted by Crippen LogP contribution is -2.06. The van der Waals surface area contributed by atoms with E-state index in [2.05, 4.69) is 0 Å². The van der Waals surface area contributed by atoms with Crippen LogP contribution in [0.15, 0.2) is 18.2 Å². The largest absolute Gasteiger partial charge is 0.489 e. The Morgan fingerprint density at radius 2 is 2.06 bits per heavy atom. The minimum atomic E-state index is -0.590. The van der Waals surface area contributed by atoms with Gasteiger partial charge in [-0.15, -0.1) is 0 Å². The van der Waals surface area contributed by atoms with Crippen molar-refractivity contribution in [3.05, 3.63) is 28.8 Å². The van der Waals surface area contributed by atoms with Crippen molar-refractivity contribution in [1.29, 1.82) is 0 Å². The van der Waals surface area contributed by atoms with Gasteiger partial charge in [0.05, 0.1) is 17.2 Å². The van der Waals surface area contributed by atoms with Gasteiger partial charge < -0.3 is 14.9 Å². The van der Waals surface area contributed by atoms with Crippen molar-refractivity contribution in [1.82, 2.24) is 0 Å². The Balaban J connectivity index is 2.73. The Hall–Kier alpha value is -0.770. The molecule has 0 amide bonds. The summed E-state index contributed by atoms with van der Waals surface area (Å²) in [5, 5.41) is 19.0. The molecule has 0 spiro atoms. The molecule has 0 saturated heterocycles. The van der Waals surface area contributed by atoms with Crippen molar-refractivity contribution in [2.45, 2.75) is 38.9 Å². The molecule has 0 aliphatic rings. The minimum absolute atomic E-state index is 0.0673. The fourth-order valence-electron chi connectivity index (χ4n) is 1.53. The molecule has 0 saturated carbocycles. The third kappa shape index (κ3) is 4.54. The molecule has 0 bridgehead atoms. The van der Waals surface area contributed by atoms with Crippen molar-refractivity contribution < 1.29 is 14.9 Å². The van der Waals surface area contributed by atoms with Gasteiger partial charge in [0.1, 0.15) is 5.75 Å². The van der Waals surface area contributed by atoms with E-state index < -0.39 is 6.10 Å². The predicted octanol–water partition coefficient (Wildman–Crippen LogP) is 2.93. The van der Waals surface area contributed by atoms with Gasteiger partial charge in [0, 0.05) is 6.61 Å². The smallest absolute Gasteiger partial charge is 0.138 e. The molecule has 1 rings (SSSR count). The Morgan fingerprint density at radius 1 is 1.35 bits per heavy atom. The second kappa shape index (κ2) is 6.84. The molecule has 3 nitrogen and oxygen atoms in total. The van der Waals surface area contributed by atoms with Gasteiger partial charge in [-0.1, -0.05) is 17.7 Å². The van der Waals surface area contributed by atoms with E-state index in [0.29, 0.717) is 23.6 Å². The maximum atomic E-state index is 9.84. The van der Waals surface area contributed by atoms with E-state index in [1.807, 2.05) is 13.8 Å². The highest BCUT2D eigenvalue weighted by atomic mass is 35.5. The van der Waals surface area contributed by atoms with Crippen LogP contribution in [0.5, 0.6) is 5.75 Å². The number of ether oxygens (including phenoxy) is 1. The van der Waals surface area contributed by atoms with Crippen LogP contribution < -0.4 is 4.74 Å². The molecule has 1 aromatic rings. The minimum Gasteiger partial charge on any atom is -0.489 e. The second-order valence-electron chi connectivity index (χ2n) is 4.24. The molecule has 2 N–H and O–H groups in total. The Bertz CT molecular complexity index is 353. The van der Waals surface area contributed by atoms with Gasteiger partial charge in [-0.2, -0.15) is 0 Å². The van der Waals surface area contributed by atoms with Gasteiger partial charge in [0.2, 0.25) is 0 Å². The SMILES string of the molecule is CC(C)Oc1ccc(C(O)CCCO)cc1Cl. The number of rotatable bonds is 6. The summed E-state index contributed by atoms with van der Waals surface area (Å²) in [7, 11) is 0. The normalized spacial score (nSPS) is 12.8. The van der Waals surface area contributed by atoms with Gasteiger partial charge in [-0.3, -0.25) is 0 Å². The summed E-state index contributed by atoms with van der Waals surface area (Å²) in [5.74, 6) is 0.625. The summed E-state index contributed by atoms with van der Waals surface area (Å²) >= 11 is 6.07. The monoisotopic (exact) mass is 258 g/mol. The molecular weight excluding hydrogens is 240 g/mol. The molecule has 0 heterocycles. The first-order valence-corrected chi connectivity index (χ1v) is 6.17. The third-order valence-electron chi connectivity index (χ3n) is 2.34. The third-order valence-corrected chi connectivity index (χ3v) is 2.63. The van der Waals surface area contributed by atoms with Crippen LogP contribution in [0, 0.1) is 0 Å². The molecule has 1 atom stereocenters. The van der Waals surface area contributed by atoms with E-state index in [1.54, 1.807) is 18.2 Å². The van der Waals surface area contributed by atoms with Crippen molar-refractivity contribution in [3.8, 4) is 5.75 Å². The van der Waals surface area contributed by atoms with E-state index in [1.165, 1.54) is 0 Å². The molecule has 1 aromatic carbocycles. The summed E-state index contributed by atoms with van der Waals surface area (Å²) in [4.78, 5) is 0. The molecular formula is C13H19ClO3. The highest BCUT2D eigenvalue weighted by molar-refractivity contribution is 6.32. The standard InChI is InChI=1S/C13H19ClO3/c1-9(2)17-13-6-5-10(8-11(13)14)12(16)4-3-7-15/h5-6,8-9,12,15-16H,3-4,7H2,1-2H3. The van der Waals surface area contributed by atoms with Crippen LogP contribution in [0.4, 0.5) is 0 Å². The summed E-state index contributed by atoms with van der Waals surface area (Å²) in [6.07, 6.45) is 0.575. The number of aliphatic hydroxyl groups is 2. The van der Waals surface area contributed by atoms with E-state index >= 15 is 0 Å². The topological polar surface area (TPSA) is 49.7 Å². The van der Waals surface area contributed by atoms with E-state index in [9.17, 15) is 5.11 Å². The van der Waals surface area contributed by atoms with Crippen LogP contribution in [0.25, 0.3) is 0 Å².